The van der Waals surface area contributed by atoms with Crippen LogP contribution in [-0.2, 0) is 25.5 Å². The third-order valence-electron chi connectivity index (χ3n) is 7.68. The van der Waals surface area contributed by atoms with Crippen LogP contribution in [0.5, 0.6) is 0 Å². The zero-order valence-corrected chi connectivity index (χ0v) is 29.3. The number of rotatable bonds is 9. The minimum absolute atomic E-state index is 0.0996. The van der Waals surface area contributed by atoms with Crippen LogP contribution < -0.4 is 10.7 Å². The highest BCUT2D eigenvalue weighted by Crippen LogP contribution is 2.47. The Morgan fingerprint density at radius 2 is 1.57 bits per heavy atom. The van der Waals surface area contributed by atoms with Crippen LogP contribution in [0.1, 0.15) is 22.8 Å². The second-order valence-corrected chi connectivity index (χ2v) is 16.1. The van der Waals surface area contributed by atoms with Gasteiger partial charge >= 0.3 is 5.97 Å². The fourth-order valence-electron chi connectivity index (χ4n) is 5.48. The van der Waals surface area contributed by atoms with Gasteiger partial charge in [-0.2, -0.15) is 0 Å². The topological polar surface area (TPSA) is 92.8 Å². The Labute approximate surface area is 295 Å². The maximum Gasteiger partial charge on any atom is 0.356 e. The lowest BCUT2D eigenvalue weighted by Crippen LogP contribution is -2.70. The Kier molecular flexibility index (Phi) is 9.38. The summed E-state index contributed by atoms with van der Waals surface area (Å²) >= 11 is 9.14. The molecular weight excluding hydrogens is 737 g/mol. The number of β-lactam (4-membered cyclic amide) rings is 1. The Morgan fingerprint density at radius 3 is 2.23 bits per heavy atom. The molecule has 2 aliphatic rings. The van der Waals surface area contributed by atoms with Crippen molar-refractivity contribution in [1.82, 2.24) is 10.2 Å². The second kappa shape index (κ2) is 13.8. The highest BCUT2D eigenvalue weighted by molar-refractivity contribution is 9.10. The molecule has 7 nitrogen and oxygen atoms in total. The number of fused-ring (bicyclic) bond motifs is 2. The van der Waals surface area contributed by atoms with E-state index in [0.29, 0.717) is 19.6 Å². The number of ether oxygens (including phenoxy) is 1. The van der Waals surface area contributed by atoms with Crippen molar-refractivity contribution in [3.63, 3.8) is 0 Å². The molecule has 0 spiro atoms. The average molecular weight is 762 g/mol. The number of esters is 1. The van der Waals surface area contributed by atoms with Gasteiger partial charge in [0.05, 0.1) is 20.0 Å². The molecular formula is C35H25BrN2O5S4. The van der Waals surface area contributed by atoms with Gasteiger partial charge in [0.15, 0.2) is 11.5 Å². The number of benzene rings is 3. The third-order valence-corrected chi connectivity index (χ3v) is 13.8. The standard InChI is InChI=1S/C35H25BrN2O5S4/c36-23-18-44-32-24(39)17-27(47-31(23)32)46-25-19-45-34-28(37-26(40)16-20-10-4-1-5-11-20)33(41)38(34)29(25)35(42)43-30(21-12-6-2-7-13-21)22-14-8-3-9-15-22/h1-15,17-18,28,30,34H,16,19H2,(H,37,40)/t28?,34-/m0/s1. The quantitative estimate of drug-likeness (QED) is 0.124. The van der Waals surface area contributed by atoms with Crippen molar-refractivity contribution in [2.24, 2.45) is 0 Å². The number of nitrogens with zero attached hydrogens (tertiary/aromatic N) is 1. The molecule has 47 heavy (non-hydrogen) atoms. The molecule has 7 rings (SSSR count). The second-order valence-electron chi connectivity index (χ2n) is 10.8. The molecule has 4 heterocycles. The molecule has 0 radical (unpaired) electrons. The number of carbonyl (C=O) groups is 3. The summed E-state index contributed by atoms with van der Waals surface area (Å²) in [5.41, 5.74) is 2.45. The van der Waals surface area contributed by atoms with Crippen LogP contribution >= 0.6 is 62.1 Å². The van der Waals surface area contributed by atoms with Crippen LogP contribution in [0.25, 0.3) is 9.40 Å². The fraction of sp³-hybridized carbons (Fsp3) is 0.143. The summed E-state index contributed by atoms with van der Waals surface area (Å²) in [6.45, 7) is 0. The maximum atomic E-state index is 14.3. The largest absolute Gasteiger partial charge is 0.448 e. The zero-order valence-electron chi connectivity index (χ0n) is 24.5. The van der Waals surface area contributed by atoms with Gasteiger partial charge in [0.2, 0.25) is 5.91 Å². The number of amides is 2. The number of hydrogen-bond donors (Lipinski definition) is 1. The van der Waals surface area contributed by atoms with Crippen molar-refractivity contribution in [3.8, 4) is 0 Å². The minimum atomic E-state index is -0.779. The van der Waals surface area contributed by atoms with E-state index in [9.17, 15) is 19.2 Å². The predicted octanol–water partition coefficient (Wildman–Crippen LogP) is 7.36. The molecule has 0 aliphatic carbocycles. The number of nitrogens with one attached hydrogen (secondary N) is 1. The van der Waals surface area contributed by atoms with Crippen LogP contribution in [-0.4, -0.2) is 39.9 Å². The van der Waals surface area contributed by atoms with Gasteiger partial charge in [0.1, 0.15) is 17.1 Å². The molecule has 12 heteroatoms. The van der Waals surface area contributed by atoms with Crippen LogP contribution in [0.2, 0.25) is 0 Å². The van der Waals surface area contributed by atoms with E-state index in [-0.39, 0.29) is 29.4 Å². The van der Waals surface area contributed by atoms with Gasteiger partial charge in [-0.1, -0.05) is 103 Å². The lowest BCUT2D eigenvalue weighted by molar-refractivity contribution is -0.154. The van der Waals surface area contributed by atoms with Gasteiger partial charge < -0.3 is 10.1 Å². The monoisotopic (exact) mass is 760 g/mol. The van der Waals surface area contributed by atoms with Gasteiger partial charge in [0, 0.05) is 26.6 Å². The average Bonchev–Trinajstić information content (AvgIpc) is 3.47. The van der Waals surface area contributed by atoms with Gasteiger partial charge in [-0.15, -0.1) is 34.4 Å². The first-order valence-corrected chi connectivity index (χ1v) is 18.9. The van der Waals surface area contributed by atoms with E-state index >= 15 is 0 Å². The van der Waals surface area contributed by atoms with Crippen molar-refractivity contribution in [1.29, 1.82) is 0 Å². The normalized spacial score (nSPS) is 17.4. The summed E-state index contributed by atoms with van der Waals surface area (Å²) in [5.74, 6) is -0.910. The fourth-order valence-corrected chi connectivity index (χ4v) is 11.2. The minimum Gasteiger partial charge on any atom is -0.448 e. The molecule has 1 unspecified atom stereocenters. The molecule has 1 fully saturated rings. The van der Waals surface area contributed by atoms with Crippen molar-refractivity contribution >= 4 is 89.3 Å². The molecule has 1 saturated heterocycles. The molecule has 2 atom stereocenters. The Balaban J connectivity index is 1.22. The summed E-state index contributed by atoms with van der Waals surface area (Å²) in [7, 11) is 0. The summed E-state index contributed by atoms with van der Waals surface area (Å²) in [6, 6.07) is 29.0. The lowest BCUT2D eigenvalue weighted by atomic mass is 10.0. The predicted molar refractivity (Wildman–Crippen MR) is 193 cm³/mol. The molecule has 0 saturated carbocycles. The van der Waals surface area contributed by atoms with Crippen LogP contribution in [0.15, 0.2) is 127 Å². The Morgan fingerprint density at radius 1 is 0.936 bits per heavy atom. The van der Waals surface area contributed by atoms with Crippen molar-refractivity contribution < 1.29 is 19.1 Å². The molecule has 2 amide bonds. The smallest absolute Gasteiger partial charge is 0.356 e. The molecule has 2 aliphatic heterocycles. The zero-order chi connectivity index (χ0) is 32.5. The Bertz CT molecular complexity index is 2030. The summed E-state index contributed by atoms with van der Waals surface area (Å²) in [6.07, 6.45) is -0.577. The highest BCUT2D eigenvalue weighted by Gasteiger charge is 2.55. The molecule has 3 aromatic carbocycles. The molecule has 2 aromatic heterocycles. The molecule has 236 valence electrons. The Hall–Kier alpha value is -3.68. The lowest BCUT2D eigenvalue weighted by Gasteiger charge is -2.49. The number of carbonyl (C=O) groups excluding carboxylic acids is 3. The van der Waals surface area contributed by atoms with E-state index in [4.69, 9.17) is 4.74 Å². The van der Waals surface area contributed by atoms with E-state index in [2.05, 4.69) is 21.2 Å². The number of thioether (sulfide) groups is 2. The first-order valence-electron chi connectivity index (χ1n) is 14.6. The van der Waals surface area contributed by atoms with Crippen LogP contribution in [0.4, 0.5) is 0 Å². The van der Waals surface area contributed by atoms with Gasteiger partial charge in [0.25, 0.3) is 5.91 Å². The van der Waals surface area contributed by atoms with Crippen molar-refractivity contribution in [2.45, 2.75) is 28.1 Å². The van der Waals surface area contributed by atoms with Crippen molar-refractivity contribution in [3.05, 3.63) is 144 Å². The van der Waals surface area contributed by atoms with Gasteiger partial charge in [-0.25, -0.2) is 4.79 Å². The summed E-state index contributed by atoms with van der Waals surface area (Å²) < 4.78 is 9.31. The first-order chi connectivity index (χ1) is 22.9. The highest BCUT2D eigenvalue weighted by atomic mass is 79.9. The summed E-state index contributed by atoms with van der Waals surface area (Å²) in [5, 5.41) is 4.29. The van der Waals surface area contributed by atoms with Gasteiger partial charge in [-0.3, -0.25) is 19.3 Å². The maximum absolute atomic E-state index is 14.3. The van der Waals surface area contributed by atoms with E-state index in [1.807, 2.05) is 96.4 Å². The van der Waals surface area contributed by atoms with E-state index in [1.165, 1.54) is 51.1 Å². The number of halogens is 1. The van der Waals surface area contributed by atoms with Crippen molar-refractivity contribution in [2.75, 3.05) is 5.75 Å². The molecule has 0 bridgehead atoms. The van der Waals surface area contributed by atoms with E-state index in [0.717, 1.165) is 25.9 Å². The van der Waals surface area contributed by atoms with E-state index in [1.54, 1.807) is 6.07 Å². The van der Waals surface area contributed by atoms with Crippen LogP contribution in [0, 0.1) is 0 Å². The van der Waals surface area contributed by atoms with E-state index < -0.39 is 23.5 Å². The molecule has 1 N–H and O–H groups in total. The van der Waals surface area contributed by atoms with Gasteiger partial charge in [-0.05, 0) is 32.6 Å². The SMILES string of the molecule is O=C(Cc1ccccc1)NC1C(=O)N2C(C(=O)OC(c3ccccc3)c3ccccc3)=C(Sc3cc(=O)c4scc(Br)c4s3)CS[C@@H]12. The van der Waals surface area contributed by atoms with Crippen LogP contribution in [0.3, 0.4) is 0 Å². The molecule has 5 aromatic rings. The number of thiophene rings is 1. The first kappa shape index (κ1) is 31.9. The summed E-state index contributed by atoms with van der Waals surface area (Å²) in [4.78, 5) is 56.0. The number of hydrogen-bond acceptors (Lipinski definition) is 9. The third kappa shape index (κ3) is 6.57.